The molecule has 0 aromatic heterocycles. The van der Waals surface area contributed by atoms with Crippen molar-refractivity contribution in [2.24, 2.45) is 45.8 Å². The van der Waals surface area contributed by atoms with E-state index in [-0.39, 0.29) is 28.3 Å². The lowest BCUT2D eigenvalue weighted by Crippen LogP contribution is -2.55. The first-order valence-electron chi connectivity index (χ1n) is 11.0. The maximum atomic E-state index is 11.7. The Balaban J connectivity index is 1.72. The third-order valence-corrected chi connectivity index (χ3v) is 9.92. The van der Waals surface area contributed by atoms with Gasteiger partial charge in [0.05, 0.1) is 6.10 Å². The van der Waals surface area contributed by atoms with Crippen LogP contribution < -0.4 is 0 Å². The highest BCUT2D eigenvalue weighted by Gasteiger charge is 2.74. The Kier molecular flexibility index (Phi) is 4.78. The highest BCUT2D eigenvalue weighted by Crippen LogP contribution is 2.77. The van der Waals surface area contributed by atoms with Crippen LogP contribution in [-0.4, -0.2) is 31.1 Å². The van der Waals surface area contributed by atoms with Crippen LogP contribution >= 0.6 is 0 Å². The molecule has 0 aromatic rings. The summed E-state index contributed by atoms with van der Waals surface area (Å²) in [4.78, 5) is 11.7. The zero-order valence-corrected chi connectivity index (χ0v) is 19.3. The Hall–Kier alpha value is -0.660. The Morgan fingerprint density at radius 3 is 2.24 bits per heavy atom. The molecule has 0 aromatic carbocycles. The van der Waals surface area contributed by atoms with Crippen molar-refractivity contribution in [3.63, 3.8) is 0 Å². The van der Waals surface area contributed by atoms with Crippen molar-refractivity contribution in [1.82, 2.24) is 0 Å². The number of rotatable bonds is 4. The molecular weight excluding hydrogens is 392 g/mol. The van der Waals surface area contributed by atoms with Gasteiger partial charge in [-0.25, -0.2) is 4.18 Å². The molecule has 0 radical (unpaired) electrons. The first kappa shape index (κ1) is 21.6. The third-order valence-electron chi connectivity index (χ3n) is 9.44. The maximum Gasteiger partial charge on any atom is 0.397 e. The number of fused-ring (bicyclic) bond motifs is 5. The van der Waals surface area contributed by atoms with Crippen molar-refractivity contribution in [3.05, 3.63) is 0 Å². The van der Waals surface area contributed by atoms with E-state index in [1.54, 1.807) is 0 Å². The molecule has 4 rings (SSSR count). The van der Waals surface area contributed by atoms with Crippen molar-refractivity contribution in [1.29, 1.82) is 0 Å². The molecule has 4 aliphatic rings. The lowest BCUT2D eigenvalue weighted by molar-refractivity contribution is -0.168. The topological polar surface area (TPSA) is 89.9 Å². The van der Waals surface area contributed by atoms with E-state index in [1.807, 2.05) is 0 Å². The third kappa shape index (κ3) is 3.26. The SMILES string of the molecule is CC(=O)O[C@@H]1C[C@]2(C)CC[C@]3(C)[C@@H]([C@H]2[C@@H]2C[C@]12C)[C@@H](C(C)C)C[C@H]3OS(=O)(=O)O. The van der Waals surface area contributed by atoms with Crippen LogP contribution in [-0.2, 0) is 24.1 Å². The summed E-state index contributed by atoms with van der Waals surface area (Å²) >= 11 is 0. The van der Waals surface area contributed by atoms with Crippen LogP contribution in [0.2, 0.25) is 0 Å². The van der Waals surface area contributed by atoms with E-state index in [4.69, 9.17) is 8.92 Å². The molecule has 0 bridgehead atoms. The quantitative estimate of drug-likeness (QED) is 0.532. The van der Waals surface area contributed by atoms with Gasteiger partial charge >= 0.3 is 16.4 Å². The highest BCUT2D eigenvalue weighted by atomic mass is 32.3. The van der Waals surface area contributed by atoms with Crippen LogP contribution in [0.3, 0.4) is 0 Å². The average Bonchev–Trinajstić information content (AvgIpc) is 3.16. The summed E-state index contributed by atoms with van der Waals surface area (Å²) in [6, 6.07) is 0. The molecule has 6 nitrogen and oxygen atoms in total. The Labute approximate surface area is 175 Å². The molecule has 4 saturated carbocycles. The summed E-state index contributed by atoms with van der Waals surface area (Å²) < 4.78 is 43.6. The van der Waals surface area contributed by atoms with Gasteiger partial charge in [0.15, 0.2) is 0 Å². The summed E-state index contributed by atoms with van der Waals surface area (Å²) in [6.07, 6.45) is 3.94. The molecule has 4 aliphatic carbocycles. The smallest absolute Gasteiger partial charge is 0.397 e. The fraction of sp³-hybridized carbons (Fsp3) is 0.955. The van der Waals surface area contributed by atoms with E-state index in [0.717, 1.165) is 25.7 Å². The summed E-state index contributed by atoms with van der Waals surface area (Å²) in [5.74, 6) is 1.85. The molecule has 0 saturated heterocycles. The van der Waals surface area contributed by atoms with E-state index in [2.05, 4.69) is 34.6 Å². The number of esters is 1. The van der Waals surface area contributed by atoms with Crippen LogP contribution in [0.5, 0.6) is 0 Å². The molecule has 9 atom stereocenters. The molecule has 29 heavy (non-hydrogen) atoms. The number of carbonyl (C=O) groups excluding carboxylic acids is 1. The lowest BCUT2D eigenvalue weighted by Gasteiger charge is -2.58. The Bertz CT molecular complexity index is 808. The van der Waals surface area contributed by atoms with Gasteiger partial charge in [0.1, 0.15) is 6.10 Å². The van der Waals surface area contributed by atoms with Gasteiger partial charge in [0.25, 0.3) is 0 Å². The average molecular weight is 429 g/mol. The molecule has 4 fully saturated rings. The molecule has 166 valence electrons. The minimum Gasteiger partial charge on any atom is -0.462 e. The largest absolute Gasteiger partial charge is 0.462 e. The Morgan fingerprint density at radius 1 is 1.03 bits per heavy atom. The predicted octanol–water partition coefficient (Wildman–Crippen LogP) is 4.25. The second-order valence-electron chi connectivity index (χ2n) is 11.5. The van der Waals surface area contributed by atoms with Crippen LogP contribution in [0.25, 0.3) is 0 Å². The fourth-order valence-corrected chi connectivity index (χ4v) is 8.43. The van der Waals surface area contributed by atoms with Crippen molar-refractivity contribution in [2.45, 2.75) is 85.9 Å². The van der Waals surface area contributed by atoms with Gasteiger partial charge in [-0.1, -0.05) is 34.6 Å². The summed E-state index contributed by atoms with van der Waals surface area (Å²) in [5.41, 5.74) is -0.171. The molecular formula is C22H36O6S. The summed E-state index contributed by atoms with van der Waals surface area (Å²) in [6.45, 7) is 12.7. The number of carbonyl (C=O) groups is 1. The highest BCUT2D eigenvalue weighted by molar-refractivity contribution is 7.80. The van der Waals surface area contributed by atoms with Crippen molar-refractivity contribution < 1.29 is 26.7 Å². The lowest BCUT2D eigenvalue weighted by atomic mass is 9.47. The first-order valence-corrected chi connectivity index (χ1v) is 12.4. The molecule has 0 amide bonds. The van der Waals surface area contributed by atoms with Crippen molar-refractivity contribution >= 4 is 16.4 Å². The number of ether oxygens (including phenoxy) is 1. The monoisotopic (exact) mass is 428 g/mol. The van der Waals surface area contributed by atoms with Gasteiger partial charge in [-0.05, 0) is 72.5 Å². The van der Waals surface area contributed by atoms with Crippen molar-refractivity contribution in [2.75, 3.05) is 0 Å². The maximum absolute atomic E-state index is 11.7. The fourth-order valence-electron chi connectivity index (χ4n) is 7.84. The molecule has 1 N–H and O–H groups in total. The van der Waals surface area contributed by atoms with E-state index < -0.39 is 16.5 Å². The zero-order chi connectivity index (χ0) is 21.6. The predicted molar refractivity (Wildman–Crippen MR) is 108 cm³/mol. The van der Waals surface area contributed by atoms with Gasteiger partial charge < -0.3 is 4.74 Å². The van der Waals surface area contributed by atoms with Gasteiger partial charge in [0.2, 0.25) is 0 Å². The normalized spacial score (nSPS) is 51.2. The minimum atomic E-state index is -4.48. The first-order chi connectivity index (χ1) is 13.2. The van der Waals surface area contributed by atoms with E-state index in [9.17, 15) is 17.8 Å². The van der Waals surface area contributed by atoms with Gasteiger partial charge in [-0.15, -0.1) is 0 Å². The van der Waals surface area contributed by atoms with Gasteiger partial charge in [0, 0.05) is 12.3 Å². The van der Waals surface area contributed by atoms with Crippen molar-refractivity contribution in [3.8, 4) is 0 Å². The van der Waals surface area contributed by atoms with Gasteiger partial charge in [-0.2, -0.15) is 8.42 Å². The number of hydrogen-bond acceptors (Lipinski definition) is 5. The summed E-state index contributed by atoms with van der Waals surface area (Å²) in [5, 5.41) is 0. The summed E-state index contributed by atoms with van der Waals surface area (Å²) in [7, 11) is -4.48. The van der Waals surface area contributed by atoms with Crippen LogP contribution in [0.1, 0.15) is 73.6 Å². The molecule has 7 heteroatoms. The Morgan fingerprint density at radius 2 is 1.69 bits per heavy atom. The van der Waals surface area contributed by atoms with Crippen LogP contribution in [0.15, 0.2) is 0 Å². The minimum absolute atomic E-state index is 0.0254. The van der Waals surface area contributed by atoms with E-state index in [1.165, 1.54) is 6.92 Å². The molecule has 0 heterocycles. The number of hydrogen-bond donors (Lipinski definition) is 1. The van der Waals surface area contributed by atoms with Gasteiger partial charge in [-0.3, -0.25) is 9.35 Å². The van der Waals surface area contributed by atoms with Crippen LogP contribution in [0.4, 0.5) is 0 Å². The molecule has 0 aliphatic heterocycles. The van der Waals surface area contributed by atoms with Crippen LogP contribution in [0, 0.1) is 45.8 Å². The second kappa shape index (κ2) is 6.42. The molecule has 0 spiro atoms. The van der Waals surface area contributed by atoms with E-state index >= 15 is 0 Å². The second-order valence-corrected chi connectivity index (χ2v) is 12.5. The van der Waals surface area contributed by atoms with E-state index in [0.29, 0.717) is 36.0 Å². The molecule has 0 unspecified atom stereocenters. The standard InChI is InChI=1S/C22H36O6S/c1-12(2)14-9-16(28-29(24,25)26)21(5)8-7-20(4)11-17(27-13(3)23)22(6)10-15(22)19(20)18(14)21/h12,14-19H,7-11H2,1-6H3,(H,24,25,26)/t14-,15+,16-,17-,18-,19-,20+,21+,22+/m1/s1. The zero-order valence-electron chi connectivity index (χ0n) is 18.5.